The van der Waals surface area contributed by atoms with Gasteiger partial charge in [0.1, 0.15) is 17.9 Å². The Hall–Kier alpha value is -0.530. The molecule has 2 atom stereocenters. The minimum absolute atomic E-state index is 0.0236. The number of nitrogens with zero attached hydrogens (tertiary/aromatic N) is 2. The average Bonchev–Trinajstić information content (AvgIpc) is 2.98. The number of aromatic nitrogens is 2. The summed E-state index contributed by atoms with van der Waals surface area (Å²) >= 11 is 5.26. The quantitative estimate of drug-likeness (QED) is 0.593. The molecule has 1 unspecified atom stereocenters. The Balaban J connectivity index is 1.62. The SMILES string of the molecule is O=c1nc2n(c3c1C[NH+](C1CCCCC1)CN3)C[C@@H](CBr)S2. The number of hydrogen-bond donors (Lipinski definition) is 2. The maximum atomic E-state index is 12.4. The van der Waals surface area contributed by atoms with Crippen LogP contribution in [0.3, 0.4) is 0 Å². The highest BCUT2D eigenvalue weighted by Crippen LogP contribution is 2.34. The maximum Gasteiger partial charge on any atom is 0.284 e. The molecule has 0 bridgehead atoms. The van der Waals surface area contributed by atoms with Crippen LogP contribution in [0.4, 0.5) is 5.82 Å². The number of nitrogens with one attached hydrogen (secondary N) is 2. The molecule has 1 aromatic rings. The van der Waals surface area contributed by atoms with Gasteiger partial charge in [-0.05, 0) is 25.7 Å². The van der Waals surface area contributed by atoms with Crippen molar-refractivity contribution in [2.45, 2.75) is 61.6 Å². The summed E-state index contributed by atoms with van der Waals surface area (Å²) in [5, 5.41) is 5.84. The predicted octanol–water partition coefficient (Wildman–Crippen LogP) is 1.21. The molecule has 1 saturated carbocycles. The first kappa shape index (κ1) is 15.0. The fourth-order valence-electron chi connectivity index (χ4n) is 3.95. The number of anilines is 1. The lowest BCUT2D eigenvalue weighted by molar-refractivity contribution is -0.938. The molecule has 1 aromatic heterocycles. The number of fused-ring (bicyclic) bond motifs is 3. The Kier molecular flexibility index (Phi) is 4.21. The molecule has 5 nitrogen and oxygen atoms in total. The molecule has 0 aromatic carbocycles. The Morgan fingerprint density at radius 3 is 2.95 bits per heavy atom. The highest BCUT2D eigenvalue weighted by Gasteiger charge is 2.34. The number of quaternary nitrogens is 1. The van der Waals surface area contributed by atoms with Crippen LogP contribution in [-0.4, -0.2) is 32.8 Å². The largest absolute Gasteiger partial charge is 0.324 e. The summed E-state index contributed by atoms with van der Waals surface area (Å²) in [5.41, 5.74) is 0.871. The molecule has 120 valence electrons. The number of alkyl halides is 1. The third-order valence-corrected chi connectivity index (χ3v) is 7.52. The van der Waals surface area contributed by atoms with E-state index >= 15 is 0 Å². The average molecular weight is 386 g/mol. The Bertz CT molecular complexity index is 629. The molecule has 1 fully saturated rings. The second-order valence-corrected chi connectivity index (χ2v) is 8.47. The van der Waals surface area contributed by atoms with Crippen LogP contribution in [0.25, 0.3) is 0 Å². The highest BCUT2D eigenvalue weighted by atomic mass is 79.9. The first-order valence-electron chi connectivity index (χ1n) is 8.21. The van der Waals surface area contributed by atoms with Crippen LogP contribution in [0, 0.1) is 0 Å². The molecule has 2 N–H and O–H groups in total. The summed E-state index contributed by atoms with van der Waals surface area (Å²) < 4.78 is 2.21. The van der Waals surface area contributed by atoms with E-state index in [1.54, 1.807) is 11.8 Å². The normalized spacial score (nSPS) is 28.0. The topological polar surface area (TPSA) is 51.4 Å². The molecule has 1 aliphatic carbocycles. The van der Waals surface area contributed by atoms with E-state index in [1.807, 2.05) is 0 Å². The van der Waals surface area contributed by atoms with Gasteiger partial charge in [-0.1, -0.05) is 34.1 Å². The summed E-state index contributed by atoms with van der Waals surface area (Å²) in [4.78, 5) is 18.3. The zero-order valence-corrected chi connectivity index (χ0v) is 15.0. The van der Waals surface area contributed by atoms with Gasteiger partial charge in [-0.3, -0.25) is 4.79 Å². The Labute approximate surface area is 143 Å². The Morgan fingerprint density at radius 2 is 2.18 bits per heavy atom. The molecule has 7 heteroatoms. The van der Waals surface area contributed by atoms with E-state index in [2.05, 4.69) is 30.8 Å². The molecule has 0 saturated heterocycles. The molecule has 0 radical (unpaired) electrons. The van der Waals surface area contributed by atoms with Crippen molar-refractivity contribution >= 4 is 33.5 Å². The van der Waals surface area contributed by atoms with Crippen LogP contribution in [0.5, 0.6) is 0 Å². The van der Waals surface area contributed by atoms with Gasteiger partial charge in [-0.25, -0.2) is 0 Å². The summed E-state index contributed by atoms with van der Waals surface area (Å²) in [7, 11) is 0. The van der Waals surface area contributed by atoms with Crippen molar-refractivity contribution in [2.75, 3.05) is 17.3 Å². The van der Waals surface area contributed by atoms with Crippen molar-refractivity contribution in [1.29, 1.82) is 0 Å². The second-order valence-electron chi connectivity index (χ2n) is 6.55. The lowest BCUT2D eigenvalue weighted by Gasteiger charge is -2.35. The first-order valence-corrected chi connectivity index (χ1v) is 10.2. The van der Waals surface area contributed by atoms with E-state index < -0.39 is 0 Å². The Morgan fingerprint density at radius 1 is 1.36 bits per heavy atom. The highest BCUT2D eigenvalue weighted by molar-refractivity contribution is 9.09. The lowest BCUT2D eigenvalue weighted by atomic mass is 9.94. The fourth-order valence-corrected chi connectivity index (χ4v) is 5.57. The second kappa shape index (κ2) is 6.17. The molecular weight excluding hydrogens is 364 g/mol. The smallest absolute Gasteiger partial charge is 0.284 e. The van der Waals surface area contributed by atoms with E-state index in [-0.39, 0.29) is 5.56 Å². The van der Waals surface area contributed by atoms with E-state index in [9.17, 15) is 4.79 Å². The number of rotatable bonds is 2. The van der Waals surface area contributed by atoms with Gasteiger partial charge < -0.3 is 14.8 Å². The minimum atomic E-state index is -0.0236. The van der Waals surface area contributed by atoms with Crippen LogP contribution in [0.2, 0.25) is 0 Å². The zero-order chi connectivity index (χ0) is 15.1. The molecule has 0 spiro atoms. The summed E-state index contributed by atoms with van der Waals surface area (Å²) in [6, 6.07) is 0.705. The maximum absolute atomic E-state index is 12.4. The molecule has 4 rings (SSSR count). The lowest BCUT2D eigenvalue weighted by Crippen LogP contribution is -3.16. The molecular formula is C15H22BrN4OS+. The van der Waals surface area contributed by atoms with Crippen LogP contribution in [-0.2, 0) is 13.1 Å². The van der Waals surface area contributed by atoms with Gasteiger partial charge in [-0.2, -0.15) is 4.98 Å². The zero-order valence-electron chi connectivity index (χ0n) is 12.6. The predicted molar refractivity (Wildman–Crippen MR) is 92.0 cm³/mol. The third-order valence-electron chi connectivity index (χ3n) is 5.14. The molecule has 0 amide bonds. The van der Waals surface area contributed by atoms with Crippen molar-refractivity contribution < 1.29 is 4.90 Å². The number of halogens is 1. The standard InChI is InChI=1S/C15H21BrN4OS/c16-6-11-7-20-13-12(14(21)18-15(20)22-11)8-19(9-17-13)10-4-2-1-3-5-10/h10-11,17H,1-9H2/p+1/t11-/m1/s1. The van der Waals surface area contributed by atoms with E-state index in [0.29, 0.717) is 11.3 Å². The fraction of sp³-hybridized carbons (Fsp3) is 0.733. The molecule has 3 aliphatic rings. The van der Waals surface area contributed by atoms with Gasteiger partial charge in [0.05, 0.1) is 6.04 Å². The van der Waals surface area contributed by atoms with Crippen molar-refractivity contribution in [1.82, 2.24) is 9.55 Å². The van der Waals surface area contributed by atoms with Gasteiger partial charge in [-0.15, -0.1) is 0 Å². The molecule has 2 aliphatic heterocycles. The van der Waals surface area contributed by atoms with Crippen LogP contribution < -0.4 is 15.8 Å². The van der Waals surface area contributed by atoms with E-state index in [4.69, 9.17) is 0 Å². The number of hydrogen-bond acceptors (Lipinski definition) is 4. The third kappa shape index (κ3) is 2.61. The van der Waals surface area contributed by atoms with Gasteiger partial charge in [0.2, 0.25) is 0 Å². The van der Waals surface area contributed by atoms with E-state index in [0.717, 1.165) is 41.6 Å². The van der Waals surface area contributed by atoms with Crippen molar-refractivity contribution in [3.8, 4) is 0 Å². The molecule has 3 heterocycles. The van der Waals surface area contributed by atoms with Gasteiger partial charge >= 0.3 is 0 Å². The summed E-state index contributed by atoms with van der Waals surface area (Å²) in [6.45, 7) is 2.71. The van der Waals surface area contributed by atoms with Crippen LogP contribution >= 0.6 is 27.7 Å². The van der Waals surface area contributed by atoms with Crippen molar-refractivity contribution in [3.05, 3.63) is 15.9 Å². The van der Waals surface area contributed by atoms with Crippen LogP contribution in [0.15, 0.2) is 9.95 Å². The van der Waals surface area contributed by atoms with Gasteiger partial charge in [0, 0.05) is 17.1 Å². The van der Waals surface area contributed by atoms with Crippen molar-refractivity contribution in [3.63, 3.8) is 0 Å². The summed E-state index contributed by atoms with van der Waals surface area (Å²) in [6.07, 6.45) is 6.65. The minimum Gasteiger partial charge on any atom is -0.324 e. The summed E-state index contributed by atoms with van der Waals surface area (Å²) in [5.74, 6) is 1.03. The van der Waals surface area contributed by atoms with Crippen molar-refractivity contribution in [2.24, 2.45) is 0 Å². The van der Waals surface area contributed by atoms with Crippen LogP contribution in [0.1, 0.15) is 37.7 Å². The number of thioether (sulfide) groups is 1. The molecule has 22 heavy (non-hydrogen) atoms. The van der Waals surface area contributed by atoms with E-state index in [1.165, 1.54) is 37.0 Å². The monoisotopic (exact) mass is 385 g/mol. The first-order chi connectivity index (χ1) is 10.8. The van der Waals surface area contributed by atoms with Gasteiger partial charge in [0.15, 0.2) is 11.8 Å². The van der Waals surface area contributed by atoms with Gasteiger partial charge in [0.25, 0.3) is 5.56 Å².